The molecule has 3 rings (SSSR count). The van der Waals surface area contributed by atoms with Gasteiger partial charge in [0.1, 0.15) is 17.0 Å². The van der Waals surface area contributed by atoms with Gasteiger partial charge in [-0.2, -0.15) is 0 Å². The second kappa shape index (κ2) is 3.92. The summed E-state index contributed by atoms with van der Waals surface area (Å²) in [5, 5.41) is 1.04. The Labute approximate surface area is 104 Å². The summed E-state index contributed by atoms with van der Waals surface area (Å²) in [5.41, 5.74) is 7.26. The largest absolute Gasteiger partial charge is 0.383 e. The van der Waals surface area contributed by atoms with Gasteiger partial charge in [0, 0.05) is 11.3 Å². The van der Waals surface area contributed by atoms with Crippen molar-refractivity contribution >= 4 is 27.4 Å². The van der Waals surface area contributed by atoms with Gasteiger partial charge in [0.05, 0.1) is 18.1 Å². The van der Waals surface area contributed by atoms with Crippen molar-refractivity contribution in [1.82, 2.24) is 9.97 Å². The van der Waals surface area contributed by atoms with Gasteiger partial charge in [0.15, 0.2) is 0 Å². The SMILES string of the molecule is CC(C)[C@@H]1Cc2c(sc3ncnc(N)c23)CO1. The summed E-state index contributed by atoms with van der Waals surface area (Å²) < 4.78 is 5.86. The Morgan fingerprint density at radius 3 is 3.06 bits per heavy atom. The van der Waals surface area contributed by atoms with Crippen LogP contribution in [0.1, 0.15) is 24.3 Å². The van der Waals surface area contributed by atoms with E-state index in [2.05, 4.69) is 23.8 Å². The zero-order chi connectivity index (χ0) is 12.0. The Morgan fingerprint density at radius 2 is 2.29 bits per heavy atom. The molecule has 17 heavy (non-hydrogen) atoms. The first kappa shape index (κ1) is 10.9. The minimum Gasteiger partial charge on any atom is -0.383 e. The molecular weight excluding hydrogens is 234 g/mol. The van der Waals surface area contributed by atoms with E-state index in [-0.39, 0.29) is 6.10 Å². The number of aromatic nitrogens is 2. The van der Waals surface area contributed by atoms with Crippen LogP contribution in [0.25, 0.3) is 10.2 Å². The molecule has 2 N–H and O–H groups in total. The van der Waals surface area contributed by atoms with Crippen LogP contribution in [0, 0.1) is 5.92 Å². The summed E-state index contributed by atoms with van der Waals surface area (Å²) in [6.45, 7) is 5.05. The lowest BCUT2D eigenvalue weighted by atomic mass is 9.96. The summed E-state index contributed by atoms with van der Waals surface area (Å²) in [6, 6.07) is 0. The van der Waals surface area contributed by atoms with Gasteiger partial charge in [0.2, 0.25) is 0 Å². The van der Waals surface area contributed by atoms with Crippen molar-refractivity contribution in [3.63, 3.8) is 0 Å². The number of hydrogen-bond donors (Lipinski definition) is 1. The number of rotatable bonds is 1. The number of thiophene rings is 1. The first-order valence-corrected chi connectivity index (χ1v) is 6.60. The van der Waals surface area contributed by atoms with Gasteiger partial charge >= 0.3 is 0 Å². The van der Waals surface area contributed by atoms with Crippen molar-refractivity contribution in [3.05, 3.63) is 16.8 Å². The molecule has 0 bridgehead atoms. The molecule has 0 radical (unpaired) electrons. The molecule has 0 fully saturated rings. The molecule has 0 saturated heterocycles. The van der Waals surface area contributed by atoms with Gasteiger partial charge in [-0.05, 0) is 11.5 Å². The van der Waals surface area contributed by atoms with Gasteiger partial charge in [-0.25, -0.2) is 9.97 Å². The highest BCUT2D eigenvalue weighted by atomic mass is 32.1. The van der Waals surface area contributed by atoms with E-state index in [4.69, 9.17) is 10.5 Å². The maximum atomic E-state index is 5.96. The molecule has 4 nitrogen and oxygen atoms in total. The predicted molar refractivity (Wildman–Crippen MR) is 68.9 cm³/mol. The fourth-order valence-electron chi connectivity index (χ4n) is 2.26. The number of nitrogen functional groups attached to an aromatic ring is 1. The lowest BCUT2D eigenvalue weighted by molar-refractivity contribution is 0.00203. The third-order valence-corrected chi connectivity index (χ3v) is 4.39. The first-order valence-electron chi connectivity index (χ1n) is 5.79. The van der Waals surface area contributed by atoms with Crippen LogP contribution < -0.4 is 5.73 Å². The average molecular weight is 249 g/mol. The third-order valence-electron chi connectivity index (χ3n) is 3.28. The highest BCUT2D eigenvalue weighted by molar-refractivity contribution is 7.18. The van der Waals surface area contributed by atoms with Crippen LogP contribution in [0.5, 0.6) is 0 Å². The van der Waals surface area contributed by atoms with Crippen LogP contribution in [-0.4, -0.2) is 16.1 Å². The predicted octanol–water partition coefficient (Wildman–Crippen LogP) is 2.37. The van der Waals surface area contributed by atoms with Crippen LogP contribution >= 0.6 is 11.3 Å². The Hall–Kier alpha value is -1.20. The van der Waals surface area contributed by atoms with E-state index < -0.39 is 0 Å². The normalized spacial score (nSPS) is 19.8. The molecule has 1 atom stereocenters. The van der Waals surface area contributed by atoms with Crippen molar-refractivity contribution in [2.75, 3.05) is 5.73 Å². The summed E-state index contributed by atoms with van der Waals surface area (Å²) in [4.78, 5) is 10.6. The molecule has 5 heteroatoms. The molecule has 90 valence electrons. The van der Waals surface area contributed by atoms with Crippen LogP contribution in [0.3, 0.4) is 0 Å². The second-order valence-corrected chi connectivity index (χ2v) is 5.82. The number of anilines is 1. The second-order valence-electron chi connectivity index (χ2n) is 4.74. The highest BCUT2D eigenvalue weighted by Crippen LogP contribution is 2.37. The molecule has 1 aliphatic rings. The minimum atomic E-state index is 0.278. The van der Waals surface area contributed by atoms with Crippen molar-refractivity contribution in [3.8, 4) is 0 Å². The summed E-state index contributed by atoms with van der Waals surface area (Å²) >= 11 is 1.67. The maximum absolute atomic E-state index is 5.96. The Kier molecular flexibility index (Phi) is 2.52. The molecule has 0 aliphatic carbocycles. The molecule has 3 heterocycles. The number of hydrogen-bond acceptors (Lipinski definition) is 5. The fraction of sp³-hybridized carbons (Fsp3) is 0.500. The summed E-state index contributed by atoms with van der Waals surface area (Å²) in [6.07, 6.45) is 2.73. The maximum Gasteiger partial charge on any atom is 0.135 e. The summed E-state index contributed by atoms with van der Waals surface area (Å²) in [5.74, 6) is 1.11. The number of nitrogens with zero attached hydrogens (tertiary/aromatic N) is 2. The topological polar surface area (TPSA) is 61.0 Å². The van der Waals surface area contributed by atoms with E-state index in [1.807, 2.05) is 0 Å². The van der Waals surface area contributed by atoms with Crippen molar-refractivity contribution in [2.24, 2.45) is 5.92 Å². The molecule has 0 saturated carbocycles. The van der Waals surface area contributed by atoms with Crippen LogP contribution in [-0.2, 0) is 17.8 Å². The van der Waals surface area contributed by atoms with Crippen molar-refractivity contribution < 1.29 is 4.74 Å². The zero-order valence-corrected chi connectivity index (χ0v) is 10.8. The van der Waals surface area contributed by atoms with Crippen LogP contribution in [0.2, 0.25) is 0 Å². The third kappa shape index (κ3) is 1.70. The summed E-state index contributed by atoms with van der Waals surface area (Å²) in [7, 11) is 0. The lowest BCUT2D eigenvalue weighted by Gasteiger charge is -2.26. The van der Waals surface area contributed by atoms with E-state index in [0.717, 1.165) is 16.6 Å². The van der Waals surface area contributed by atoms with E-state index in [0.29, 0.717) is 18.3 Å². The van der Waals surface area contributed by atoms with Crippen molar-refractivity contribution in [2.45, 2.75) is 33.0 Å². The van der Waals surface area contributed by atoms with E-state index >= 15 is 0 Å². The zero-order valence-electron chi connectivity index (χ0n) is 9.93. The smallest absolute Gasteiger partial charge is 0.135 e. The first-order chi connectivity index (χ1) is 8.16. The standard InChI is InChI=1S/C12H15N3OS/c1-6(2)8-3-7-9(4-16-8)17-12-10(7)11(13)14-5-15-12/h5-6,8H,3-4H2,1-2H3,(H2,13,14,15)/t8-/m0/s1. The van der Waals surface area contributed by atoms with E-state index in [1.165, 1.54) is 16.8 Å². The Bertz CT molecular complexity index is 564. The molecule has 1 aliphatic heterocycles. The number of nitrogens with two attached hydrogens (primary N) is 1. The Morgan fingerprint density at radius 1 is 1.47 bits per heavy atom. The fourth-order valence-corrected chi connectivity index (χ4v) is 3.36. The lowest BCUT2D eigenvalue weighted by Crippen LogP contribution is -2.26. The number of fused-ring (bicyclic) bond motifs is 3. The van der Waals surface area contributed by atoms with Gasteiger partial charge in [0.25, 0.3) is 0 Å². The molecule has 0 spiro atoms. The van der Waals surface area contributed by atoms with E-state index in [1.54, 1.807) is 11.3 Å². The highest BCUT2D eigenvalue weighted by Gasteiger charge is 2.26. The molecule has 0 amide bonds. The molecule has 2 aromatic heterocycles. The van der Waals surface area contributed by atoms with Gasteiger partial charge in [-0.3, -0.25) is 0 Å². The molecular formula is C12H15N3OS. The monoisotopic (exact) mass is 249 g/mol. The van der Waals surface area contributed by atoms with Gasteiger partial charge in [-0.15, -0.1) is 11.3 Å². The molecule has 0 unspecified atom stereocenters. The molecule has 0 aromatic carbocycles. The van der Waals surface area contributed by atoms with Crippen LogP contribution in [0.4, 0.5) is 5.82 Å². The van der Waals surface area contributed by atoms with Gasteiger partial charge < -0.3 is 10.5 Å². The minimum absolute atomic E-state index is 0.278. The van der Waals surface area contributed by atoms with Crippen LogP contribution in [0.15, 0.2) is 6.33 Å². The number of ether oxygens (including phenoxy) is 1. The van der Waals surface area contributed by atoms with E-state index in [9.17, 15) is 0 Å². The quantitative estimate of drug-likeness (QED) is 0.843. The molecule has 2 aromatic rings. The Balaban J connectivity index is 2.14. The average Bonchev–Trinajstić information content (AvgIpc) is 2.67. The van der Waals surface area contributed by atoms with Gasteiger partial charge in [-0.1, -0.05) is 13.8 Å². The van der Waals surface area contributed by atoms with Crippen molar-refractivity contribution in [1.29, 1.82) is 0 Å².